The van der Waals surface area contributed by atoms with Gasteiger partial charge in [0.1, 0.15) is 5.82 Å². The smallest absolute Gasteiger partial charge is 0.126 e. The molecule has 2 aromatic heterocycles. The lowest BCUT2D eigenvalue weighted by molar-refractivity contribution is 0.102. The van der Waals surface area contributed by atoms with Crippen molar-refractivity contribution in [3.8, 4) is 0 Å². The van der Waals surface area contributed by atoms with Gasteiger partial charge in [-0.2, -0.15) is 5.10 Å². The molecule has 0 saturated heterocycles. The number of hydrogen-bond acceptors (Lipinski definition) is 4. The number of nitrogens with zero attached hydrogens (tertiary/aromatic N) is 4. The summed E-state index contributed by atoms with van der Waals surface area (Å²) in [6, 6.07) is 2.44. The SMILES string of the molecule is Cc1cc(CN2CCn3c(CCOCC4CCCC4)cnc3[C@@H]2C)n[nH]1. The Morgan fingerprint density at radius 1 is 1.27 bits per heavy atom. The van der Waals surface area contributed by atoms with Crippen molar-refractivity contribution in [2.75, 3.05) is 19.8 Å². The van der Waals surface area contributed by atoms with E-state index in [1.807, 2.05) is 13.1 Å². The summed E-state index contributed by atoms with van der Waals surface area (Å²) < 4.78 is 8.35. The number of hydrogen-bond donors (Lipinski definition) is 1. The first-order valence-electron chi connectivity index (χ1n) is 10.1. The molecule has 26 heavy (non-hydrogen) atoms. The van der Waals surface area contributed by atoms with Crippen LogP contribution in [0, 0.1) is 12.8 Å². The van der Waals surface area contributed by atoms with E-state index in [2.05, 4.69) is 32.7 Å². The average molecular weight is 358 g/mol. The van der Waals surface area contributed by atoms with Crippen LogP contribution in [0.2, 0.25) is 0 Å². The maximum absolute atomic E-state index is 5.95. The van der Waals surface area contributed by atoms with Crippen molar-refractivity contribution in [2.24, 2.45) is 5.92 Å². The Kier molecular flexibility index (Phi) is 5.41. The van der Waals surface area contributed by atoms with Crippen LogP contribution >= 0.6 is 0 Å². The van der Waals surface area contributed by atoms with Gasteiger partial charge in [0, 0.05) is 50.2 Å². The summed E-state index contributed by atoms with van der Waals surface area (Å²) in [6.45, 7) is 8.95. The van der Waals surface area contributed by atoms with E-state index in [1.54, 1.807) is 0 Å². The Labute approximate surface area is 155 Å². The monoisotopic (exact) mass is 357 g/mol. The molecule has 2 aromatic rings. The molecule has 6 nitrogen and oxygen atoms in total. The lowest BCUT2D eigenvalue weighted by atomic mass is 10.1. The van der Waals surface area contributed by atoms with Gasteiger partial charge < -0.3 is 9.30 Å². The van der Waals surface area contributed by atoms with Crippen LogP contribution in [-0.2, 0) is 24.2 Å². The van der Waals surface area contributed by atoms with Crippen LogP contribution < -0.4 is 0 Å². The second-order valence-corrected chi connectivity index (χ2v) is 7.92. The predicted octanol–water partition coefficient (Wildman–Crippen LogP) is 3.24. The highest BCUT2D eigenvalue weighted by atomic mass is 16.5. The number of nitrogens with one attached hydrogen (secondary N) is 1. The van der Waals surface area contributed by atoms with Gasteiger partial charge in [0.25, 0.3) is 0 Å². The van der Waals surface area contributed by atoms with E-state index in [1.165, 1.54) is 37.2 Å². The topological polar surface area (TPSA) is 59.0 Å². The van der Waals surface area contributed by atoms with E-state index < -0.39 is 0 Å². The van der Waals surface area contributed by atoms with Crippen molar-refractivity contribution < 1.29 is 4.74 Å². The van der Waals surface area contributed by atoms with Crippen molar-refractivity contribution >= 4 is 0 Å². The van der Waals surface area contributed by atoms with Crippen LogP contribution in [0.5, 0.6) is 0 Å². The number of aryl methyl sites for hydroxylation is 1. The molecule has 0 unspecified atom stereocenters. The summed E-state index contributed by atoms with van der Waals surface area (Å²) in [7, 11) is 0. The third-order valence-electron chi connectivity index (χ3n) is 5.96. The molecule has 0 amide bonds. The standard InChI is InChI=1S/C20H31N5O/c1-15-11-18(23-22-15)13-24-8-9-25-19(12-21-20(25)16(24)2)7-10-26-14-17-5-3-4-6-17/h11-12,16-17H,3-10,13-14H2,1-2H3,(H,22,23)/t16-/m0/s1. The van der Waals surface area contributed by atoms with Crippen LogP contribution in [0.1, 0.15) is 61.6 Å². The predicted molar refractivity (Wildman–Crippen MR) is 101 cm³/mol. The molecule has 0 radical (unpaired) electrons. The number of aromatic amines is 1. The van der Waals surface area contributed by atoms with Gasteiger partial charge in [-0.25, -0.2) is 4.98 Å². The second-order valence-electron chi connectivity index (χ2n) is 7.92. The van der Waals surface area contributed by atoms with Crippen molar-refractivity contribution in [2.45, 2.75) is 65.1 Å². The van der Waals surface area contributed by atoms with Crippen molar-refractivity contribution in [3.63, 3.8) is 0 Å². The van der Waals surface area contributed by atoms with E-state index >= 15 is 0 Å². The zero-order valence-electron chi connectivity index (χ0n) is 16.1. The van der Waals surface area contributed by atoms with Crippen LogP contribution in [0.25, 0.3) is 0 Å². The van der Waals surface area contributed by atoms with Gasteiger partial charge in [-0.05, 0) is 38.7 Å². The molecule has 1 aliphatic heterocycles. The summed E-state index contributed by atoms with van der Waals surface area (Å²) >= 11 is 0. The summed E-state index contributed by atoms with van der Waals surface area (Å²) in [5, 5.41) is 7.41. The Morgan fingerprint density at radius 3 is 2.88 bits per heavy atom. The number of aromatic nitrogens is 4. The lowest BCUT2D eigenvalue weighted by Gasteiger charge is -2.33. The van der Waals surface area contributed by atoms with Gasteiger partial charge in [0.15, 0.2) is 0 Å². The Balaban J connectivity index is 1.31. The molecule has 1 N–H and O–H groups in total. The van der Waals surface area contributed by atoms with E-state index in [9.17, 15) is 0 Å². The summed E-state index contributed by atoms with van der Waals surface area (Å²) in [5.41, 5.74) is 3.54. The Morgan fingerprint density at radius 2 is 2.12 bits per heavy atom. The van der Waals surface area contributed by atoms with Crippen LogP contribution in [0.3, 0.4) is 0 Å². The minimum atomic E-state index is 0.314. The fourth-order valence-electron chi connectivity index (χ4n) is 4.39. The average Bonchev–Trinajstić information content (AvgIpc) is 3.36. The molecule has 142 valence electrons. The normalized spacial score (nSPS) is 21.4. The molecule has 0 spiro atoms. The maximum atomic E-state index is 5.95. The van der Waals surface area contributed by atoms with Crippen LogP contribution in [-0.4, -0.2) is 44.4 Å². The number of ether oxygens (including phenoxy) is 1. The molecule has 0 aromatic carbocycles. The molecule has 1 saturated carbocycles. The lowest BCUT2D eigenvalue weighted by Crippen LogP contribution is -2.37. The van der Waals surface area contributed by atoms with Gasteiger partial charge >= 0.3 is 0 Å². The third kappa shape index (κ3) is 3.86. The van der Waals surface area contributed by atoms with Gasteiger partial charge in [0.05, 0.1) is 18.3 Å². The first-order chi connectivity index (χ1) is 12.7. The highest BCUT2D eigenvalue weighted by Crippen LogP contribution is 2.27. The first-order valence-corrected chi connectivity index (χ1v) is 10.1. The number of fused-ring (bicyclic) bond motifs is 1. The van der Waals surface area contributed by atoms with Crippen LogP contribution in [0.15, 0.2) is 12.3 Å². The molecule has 0 bridgehead atoms. The van der Waals surface area contributed by atoms with Crippen molar-refractivity contribution in [1.29, 1.82) is 0 Å². The highest BCUT2D eigenvalue weighted by Gasteiger charge is 2.27. The van der Waals surface area contributed by atoms with Crippen molar-refractivity contribution in [1.82, 2.24) is 24.6 Å². The maximum Gasteiger partial charge on any atom is 0.126 e. The zero-order chi connectivity index (χ0) is 17.9. The highest BCUT2D eigenvalue weighted by molar-refractivity contribution is 5.13. The fourth-order valence-corrected chi connectivity index (χ4v) is 4.39. The molecule has 1 atom stereocenters. The number of H-pyrrole nitrogens is 1. The molecule has 1 aliphatic carbocycles. The zero-order valence-corrected chi connectivity index (χ0v) is 16.1. The summed E-state index contributed by atoms with van der Waals surface area (Å²) in [4.78, 5) is 7.19. The van der Waals surface area contributed by atoms with E-state index in [4.69, 9.17) is 9.72 Å². The van der Waals surface area contributed by atoms with Crippen LogP contribution in [0.4, 0.5) is 0 Å². The molecular weight excluding hydrogens is 326 g/mol. The summed E-state index contributed by atoms with van der Waals surface area (Å²) in [5.74, 6) is 1.97. The Bertz CT molecular complexity index is 716. The Hall–Kier alpha value is -1.66. The molecule has 6 heteroatoms. The molecule has 3 heterocycles. The largest absolute Gasteiger partial charge is 0.381 e. The fraction of sp³-hybridized carbons (Fsp3) is 0.700. The molecule has 4 rings (SSSR count). The van der Waals surface area contributed by atoms with Gasteiger partial charge in [-0.15, -0.1) is 0 Å². The van der Waals surface area contributed by atoms with Gasteiger partial charge in [-0.3, -0.25) is 10.00 Å². The summed E-state index contributed by atoms with van der Waals surface area (Å²) in [6.07, 6.45) is 8.49. The number of imidazole rings is 1. The van der Waals surface area contributed by atoms with Crippen molar-refractivity contribution in [3.05, 3.63) is 35.2 Å². The minimum Gasteiger partial charge on any atom is -0.381 e. The van der Waals surface area contributed by atoms with E-state index in [0.717, 1.165) is 56.6 Å². The molecular formula is C20H31N5O. The minimum absolute atomic E-state index is 0.314. The first kappa shape index (κ1) is 17.7. The van der Waals surface area contributed by atoms with Gasteiger partial charge in [0.2, 0.25) is 0 Å². The number of rotatable bonds is 7. The quantitative estimate of drug-likeness (QED) is 0.773. The van der Waals surface area contributed by atoms with E-state index in [-0.39, 0.29) is 0 Å². The second kappa shape index (κ2) is 7.92. The molecule has 1 fully saturated rings. The van der Waals surface area contributed by atoms with Gasteiger partial charge in [-0.1, -0.05) is 12.8 Å². The van der Waals surface area contributed by atoms with E-state index in [0.29, 0.717) is 6.04 Å². The molecule has 2 aliphatic rings. The third-order valence-corrected chi connectivity index (χ3v) is 5.96.